The molecule has 3 N–H and O–H groups in total. The Morgan fingerprint density at radius 3 is 3.00 bits per heavy atom. The van der Waals surface area contributed by atoms with Gasteiger partial charge in [-0.15, -0.1) is 0 Å². The number of pyridine rings is 1. The lowest BCUT2D eigenvalue weighted by Gasteiger charge is -2.06. The minimum Gasteiger partial charge on any atom is -0.341 e. The van der Waals surface area contributed by atoms with Crippen LogP contribution in [0.4, 0.5) is 0 Å². The van der Waals surface area contributed by atoms with Crippen LogP contribution in [0.25, 0.3) is 11.2 Å². The van der Waals surface area contributed by atoms with Crippen LogP contribution in [0.5, 0.6) is 0 Å². The molecule has 0 bridgehead atoms. The minimum atomic E-state index is -0.0140. The highest BCUT2D eigenvalue weighted by atomic mass is 32.2. The number of H-pyrrole nitrogens is 1. The van der Waals surface area contributed by atoms with Crippen molar-refractivity contribution in [1.29, 1.82) is 0 Å². The molecule has 0 aliphatic rings. The zero-order chi connectivity index (χ0) is 13.2. The Morgan fingerprint density at radius 1 is 1.26 bits per heavy atom. The summed E-state index contributed by atoms with van der Waals surface area (Å²) < 4.78 is 0. The first-order chi connectivity index (χ1) is 9.24. The van der Waals surface area contributed by atoms with Crippen molar-refractivity contribution in [3.8, 4) is 0 Å². The summed E-state index contributed by atoms with van der Waals surface area (Å²) in [5, 5.41) is 1.65. The van der Waals surface area contributed by atoms with E-state index in [1.165, 1.54) is 18.1 Å². The fraction of sp³-hybridized carbons (Fsp3) is 0.167. The molecule has 3 heterocycles. The van der Waals surface area contributed by atoms with Crippen LogP contribution >= 0.6 is 11.8 Å². The predicted octanol–water partition coefficient (Wildman–Crippen LogP) is 1.92. The van der Waals surface area contributed by atoms with Crippen molar-refractivity contribution in [2.45, 2.75) is 23.0 Å². The predicted molar refractivity (Wildman–Crippen MR) is 72.6 cm³/mol. The summed E-state index contributed by atoms with van der Waals surface area (Å²) in [5.74, 6) is 0. The minimum absolute atomic E-state index is 0.0140. The lowest BCUT2D eigenvalue weighted by atomic mass is 10.1. The summed E-state index contributed by atoms with van der Waals surface area (Å²) in [6.07, 6.45) is 4.86. The summed E-state index contributed by atoms with van der Waals surface area (Å²) in [6.45, 7) is 1.95. The number of imidazole rings is 1. The Balaban J connectivity index is 1.97. The van der Waals surface area contributed by atoms with Gasteiger partial charge in [-0.2, -0.15) is 0 Å². The number of aromatic nitrogens is 5. The summed E-state index contributed by atoms with van der Waals surface area (Å²) in [6, 6.07) is 3.88. The van der Waals surface area contributed by atoms with E-state index in [4.69, 9.17) is 5.73 Å². The maximum Gasteiger partial charge on any atom is 0.181 e. The topological polar surface area (TPSA) is 93.4 Å². The molecule has 96 valence electrons. The molecule has 0 spiro atoms. The van der Waals surface area contributed by atoms with Crippen LogP contribution in [-0.4, -0.2) is 24.9 Å². The van der Waals surface area contributed by atoms with E-state index in [1.807, 2.05) is 19.1 Å². The van der Waals surface area contributed by atoms with Crippen molar-refractivity contribution >= 4 is 22.9 Å². The molecule has 0 unspecified atom stereocenters. The lowest BCUT2D eigenvalue weighted by Crippen LogP contribution is -2.05. The fourth-order valence-corrected chi connectivity index (χ4v) is 2.54. The molecule has 1 atom stereocenters. The molecule has 0 aromatic carbocycles. The molecular formula is C12H12N6S. The van der Waals surface area contributed by atoms with Crippen LogP contribution in [0.3, 0.4) is 0 Å². The highest BCUT2D eigenvalue weighted by Crippen LogP contribution is 2.29. The maximum atomic E-state index is 5.87. The van der Waals surface area contributed by atoms with Crippen molar-refractivity contribution in [2.24, 2.45) is 5.73 Å². The van der Waals surface area contributed by atoms with Gasteiger partial charge in [0, 0.05) is 12.2 Å². The van der Waals surface area contributed by atoms with Gasteiger partial charge >= 0.3 is 0 Å². The first-order valence-electron chi connectivity index (χ1n) is 5.77. The Morgan fingerprint density at radius 2 is 2.16 bits per heavy atom. The SMILES string of the molecule is C[C@@H](N)c1ccnc(Sc2ncnc3nc[nH]c23)c1. The van der Waals surface area contributed by atoms with Crippen LogP contribution in [-0.2, 0) is 0 Å². The van der Waals surface area contributed by atoms with Crippen molar-refractivity contribution in [2.75, 3.05) is 0 Å². The fourth-order valence-electron chi connectivity index (χ4n) is 1.68. The highest BCUT2D eigenvalue weighted by molar-refractivity contribution is 7.99. The maximum absolute atomic E-state index is 5.87. The Bertz CT molecular complexity index is 708. The summed E-state index contributed by atoms with van der Waals surface area (Å²) >= 11 is 1.46. The molecule has 0 saturated heterocycles. The molecule has 19 heavy (non-hydrogen) atoms. The third-order valence-electron chi connectivity index (χ3n) is 2.67. The van der Waals surface area contributed by atoms with Gasteiger partial charge in [0.2, 0.25) is 0 Å². The van der Waals surface area contributed by atoms with Gasteiger partial charge in [0.15, 0.2) is 5.65 Å². The first-order valence-corrected chi connectivity index (χ1v) is 6.59. The summed E-state index contributed by atoms with van der Waals surface area (Å²) in [4.78, 5) is 19.8. The molecule has 3 rings (SSSR count). The van der Waals surface area contributed by atoms with E-state index in [2.05, 4.69) is 24.9 Å². The molecule has 7 heteroatoms. The van der Waals surface area contributed by atoms with Gasteiger partial charge in [0.1, 0.15) is 21.9 Å². The van der Waals surface area contributed by atoms with E-state index < -0.39 is 0 Å². The number of hydrogen-bond donors (Lipinski definition) is 2. The molecule has 0 fully saturated rings. The molecule has 6 nitrogen and oxygen atoms in total. The Labute approximate surface area is 113 Å². The van der Waals surface area contributed by atoms with E-state index in [-0.39, 0.29) is 6.04 Å². The third kappa shape index (κ3) is 2.42. The van der Waals surface area contributed by atoms with Crippen molar-refractivity contribution < 1.29 is 0 Å². The molecule has 0 amide bonds. The van der Waals surface area contributed by atoms with Crippen LogP contribution in [0.2, 0.25) is 0 Å². The quantitative estimate of drug-likeness (QED) is 0.707. The molecule has 3 aromatic heterocycles. The monoisotopic (exact) mass is 272 g/mol. The summed E-state index contributed by atoms with van der Waals surface area (Å²) in [7, 11) is 0. The third-order valence-corrected chi connectivity index (χ3v) is 3.61. The van der Waals surface area contributed by atoms with Crippen molar-refractivity contribution in [1.82, 2.24) is 24.9 Å². The average molecular weight is 272 g/mol. The van der Waals surface area contributed by atoms with E-state index in [9.17, 15) is 0 Å². The number of nitrogens with one attached hydrogen (secondary N) is 1. The standard InChI is InChI=1S/C12H12N6S/c1-7(13)8-2-3-14-9(4-8)19-12-10-11(16-5-15-10)17-6-18-12/h2-7H,13H2,1H3,(H,15,16,17,18)/t7-/m1/s1. The van der Waals surface area contributed by atoms with Gasteiger partial charge in [-0.3, -0.25) is 0 Å². The van der Waals surface area contributed by atoms with Crippen LogP contribution in [0.1, 0.15) is 18.5 Å². The van der Waals surface area contributed by atoms with Gasteiger partial charge in [0.25, 0.3) is 0 Å². The van der Waals surface area contributed by atoms with E-state index in [0.717, 1.165) is 21.1 Å². The van der Waals surface area contributed by atoms with Crippen LogP contribution in [0.15, 0.2) is 41.0 Å². The van der Waals surface area contributed by atoms with Crippen LogP contribution in [0, 0.1) is 0 Å². The number of fused-ring (bicyclic) bond motifs is 1. The van der Waals surface area contributed by atoms with Gasteiger partial charge in [-0.25, -0.2) is 19.9 Å². The molecule has 0 aliphatic heterocycles. The lowest BCUT2D eigenvalue weighted by molar-refractivity contribution is 0.808. The number of aromatic amines is 1. The molecule has 0 radical (unpaired) electrons. The zero-order valence-electron chi connectivity index (χ0n) is 10.2. The van der Waals surface area contributed by atoms with Gasteiger partial charge in [-0.1, -0.05) is 0 Å². The number of nitrogens with two attached hydrogens (primary N) is 1. The van der Waals surface area contributed by atoms with E-state index in [0.29, 0.717) is 5.65 Å². The Kier molecular flexibility index (Phi) is 3.14. The normalized spacial score (nSPS) is 12.7. The van der Waals surface area contributed by atoms with Crippen molar-refractivity contribution in [3.63, 3.8) is 0 Å². The van der Waals surface area contributed by atoms with Crippen molar-refractivity contribution in [3.05, 3.63) is 36.5 Å². The average Bonchev–Trinajstić information content (AvgIpc) is 2.88. The largest absolute Gasteiger partial charge is 0.341 e. The number of nitrogens with zero attached hydrogens (tertiary/aromatic N) is 4. The second-order valence-electron chi connectivity index (χ2n) is 4.10. The van der Waals surface area contributed by atoms with E-state index in [1.54, 1.807) is 12.5 Å². The zero-order valence-corrected chi connectivity index (χ0v) is 11.1. The Hall–Kier alpha value is -1.99. The second kappa shape index (κ2) is 4.94. The van der Waals surface area contributed by atoms with Gasteiger partial charge in [0.05, 0.1) is 6.33 Å². The van der Waals surface area contributed by atoms with E-state index >= 15 is 0 Å². The molecule has 0 aliphatic carbocycles. The van der Waals surface area contributed by atoms with Gasteiger partial charge < -0.3 is 10.7 Å². The number of rotatable bonds is 3. The second-order valence-corrected chi connectivity index (χ2v) is 5.11. The molecule has 0 saturated carbocycles. The summed E-state index contributed by atoms with van der Waals surface area (Å²) in [5.41, 5.74) is 8.39. The van der Waals surface area contributed by atoms with Gasteiger partial charge in [-0.05, 0) is 36.4 Å². The molecular weight excluding hydrogens is 260 g/mol. The molecule has 3 aromatic rings. The highest BCUT2D eigenvalue weighted by Gasteiger charge is 2.09. The first kappa shape index (κ1) is 12.1. The van der Waals surface area contributed by atoms with Crippen LogP contribution < -0.4 is 5.73 Å². The smallest absolute Gasteiger partial charge is 0.181 e. The number of hydrogen-bond acceptors (Lipinski definition) is 6.